The van der Waals surface area contributed by atoms with E-state index in [0.29, 0.717) is 26.4 Å². The van der Waals surface area contributed by atoms with Crippen molar-refractivity contribution in [1.82, 2.24) is 0 Å². The molecule has 6 heteroatoms. The lowest BCUT2D eigenvalue weighted by molar-refractivity contribution is -0.932. The quantitative estimate of drug-likeness (QED) is 0.664. The second-order valence-corrected chi connectivity index (χ2v) is 8.59. The number of likely N-dealkylation sites (tertiary alicyclic amines) is 1. The Balaban J connectivity index is 1.26. The van der Waals surface area contributed by atoms with E-state index in [1.807, 2.05) is 36.4 Å². The molecular formula is C23H29ClNO4+. The zero-order chi connectivity index (χ0) is 20.1. The second kappa shape index (κ2) is 9.35. The number of rotatable bonds is 8. The van der Waals surface area contributed by atoms with E-state index in [1.54, 1.807) is 0 Å². The van der Waals surface area contributed by atoms with E-state index in [4.69, 9.17) is 25.8 Å². The van der Waals surface area contributed by atoms with Crippen LogP contribution >= 0.6 is 11.6 Å². The van der Waals surface area contributed by atoms with Gasteiger partial charge in [0.15, 0.2) is 17.6 Å². The molecule has 2 unspecified atom stereocenters. The Morgan fingerprint density at radius 2 is 1.79 bits per heavy atom. The highest BCUT2D eigenvalue weighted by Gasteiger charge is 2.34. The molecule has 29 heavy (non-hydrogen) atoms. The van der Waals surface area contributed by atoms with Gasteiger partial charge in [0.1, 0.15) is 25.8 Å². The van der Waals surface area contributed by atoms with Gasteiger partial charge in [-0.1, -0.05) is 35.9 Å². The zero-order valence-electron chi connectivity index (χ0n) is 16.6. The maximum Gasteiger partial charge on any atom is 0.161 e. The Hall–Kier alpha value is -1.79. The summed E-state index contributed by atoms with van der Waals surface area (Å²) in [6.07, 6.45) is 1.75. The van der Waals surface area contributed by atoms with Crippen molar-refractivity contribution in [2.24, 2.45) is 0 Å². The van der Waals surface area contributed by atoms with Crippen molar-refractivity contribution >= 4 is 11.6 Å². The van der Waals surface area contributed by atoms with Crippen molar-refractivity contribution in [3.63, 3.8) is 0 Å². The first kappa shape index (κ1) is 20.5. The van der Waals surface area contributed by atoms with Crippen LogP contribution in [0.4, 0.5) is 0 Å². The molecule has 0 radical (unpaired) electrons. The van der Waals surface area contributed by atoms with Gasteiger partial charge in [-0.2, -0.15) is 0 Å². The monoisotopic (exact) mass is 418 g/mol. The number of benzene rings is 2. The predicted molar refractivity (Wildman–Crippen MR) is 112 cm³/mol. The van der Waals surface area contributed by atoms with Crippen molar-refractivity contribution in [1.29, 1.82) is 0 Å². The molecule has 0 aliphatic carbocycles. The Morgan fingerprint density at radius 3 is 2.55 bits per heavy atom. The molecular weight excluding hydrogens is 390 g/mol. The molecule has 2 heterocycles. The molecule has 0 amide bonds. The number of quaternary nitrogens is 1. The second-order valence-electron chi connectivity index (χ2n) is 8.15. The number of aliphatic hydroxyl groups excluding tert-OH is 1. The lowest BCUT2D eigenvalue weighted by Gasteiger charge is -2.36. The van der Waals surface area contributed by atoms with Gasteiger partial charge in [0.2, 0.25) is 0 Å². The molecule has 0 spiro atoms. The molecule has 1 N–H and O–H groups in total. The largest absolute Gasteiger partial charge is 0.486 e. The van der Waals surface area contributed by atoms with Crippen LogP contribution in [0.25, 0.3) is 0 Å². The average Bonchev–Trinajstić information content (AvgIpc) is 3.17. The number of ether oxygens (including phenoxy) is 3. The number of hydrogen-bond donors (Lipinski definition) is 1. The predicted octanol–water partition coefficient (Wildman–Crippen LogP) is 3.67. The number of aliphatic hydroxyl groups is 1. The van der Waals surface area contributed by atoms with Crippen LogP contribution in [0, 0.1) is 0 Å². The third-order valence-electron chi connectivity index (χ3n) is 5.73. The lowest BCUT2D eigenvalue weighted by Crippen LogP contribution is -2.50. The molecule has 2 aliphatic heterocycles. The summed E-state index contributed by atoms with van der Waals surface area (Å²) in [5.74, 6) is 1.52. The summed E-state index contributed by atoms with van der Waals surface area (Å²) in [4.78, 5) is 0. The first-order chi connectivity index (χ1) is 14.1. The molecule has 156 valence electrons. The van der Waals surface area contributed by atoms with Crippen LogP contribution in [-0.4, -0.2) is 61.3 Å². The molecule has 1 saturated heterocycles. The first-order valence-corrected chi connectivity index (χ1v) is 10.7. The third-order valence-corrected chi connectivity index (χ3v) is 5.98. The van der Waals surface area contributed by atoms with Crippen LogP contribution in [0.1, 0.15) is 18.4 Å². The molecule has 5 nitrogen and oxygen atoms in total. The minimum absolute atomic E-state index is 0.152. The molecule has 0 aromatic heterocycles. The van der Waals surface area contributed by atoms with E-state index in [2.05, 4.69) is 12.1 Å². The van der Waals surface area contributed by atoms with Crippen LogP contribution in [-0.2, 0) is 11.3 Å². The van der Waals surface area contributed by atoms with Crippen LogP contribution < -0.4 is 9.47 Å². The normalized spacial score (nSPS) is 21.1. The SMILES string of the molecule is OC(COCC1COc2ccccc2O1)C[N+]1(Cc2ccc(Cl)cc2)CCCC1. The van der Waals surface area contributed by atoms with E-state index in [0.717, 1.165) is 40.6 Å². The minimum atomic E-state index is -0.503. The third kappa shape index (κ3) is 5.43. The number of halogens is 1. The Bertz CT molecular complexity index is 792. The van der Waals surface area contributed by atoms with E-state index in [9.17, 15) is 5.11 Å². The van der Waals surface area contributed by atoms with Crippen molar-refractivity contribution < 1.29 is 23.8 Å². The van der Waals surface area contributed by atoms with Gasteiger partial charge in [-0.25, -0.2) is 0 Å². The lowest BCUT2D eigenvalue weighted by atomic mass is 10.1. The summed E-state index contributed by atoms with van der Waals surface area (Å²) in [5.41, 5.74) is 1.26. The van der Waals surface area contributed by atoms with Gasteiger partial charge in [0.05, 0.1) is 26.3 Å². The fourth-order valence-electron chi connectivity index (χ4n) is 4.37. The molecule has 1 fully saturated rings. The number of nitrogens with zero attached hydrogens (tertiary/aromatic N) is 1. The van der Waals surface area contributed by atoms with Crippen molar-refractivity contribution in [3.8, 4) is 11.5 Å². The van der Waals surface area contributed by atoms with Crippen LogP contribution in [0.2, 0.25) is 5.02 Å². The van der Waals surface area contributed by atoms with Gasteiger partial charge in [-0.15, -0.1) is 0 Å². The molecule has 2 aromatic rings. The molecule has 2 atom stereocenters. The molecule has 2 aromatic carbocycles. The molecule has 2 aliphatic rings. The maximum atomic E-state index is 10.7. The van der Waals surface area contributed by atoms with E-state index in [-0.39, 0.29) is 6.10 Å². The van der Waals surface area contributed by atoms with Crippen molar-refractivity contribution in [3.05, 3.63) is 59.1 Å². The summed E-state index contributed by atoms with van der Waals surface area (Å²) in [6, 6.07) is 15.7. The van der Waals surface area contributed by atoms with Crippen LogP contribution in [0.15, 0.2) is 48.5 Å². The van der Waals surface area contributed by atoms with Crippen molar-refractivity contribution in [2.45, 2.75) is 31.6 Å². The van der Waals surface area contributed by atoms with Gasteiger partial charge < -0.3 is 23.8 Å². The summed E-state index contributed by atoms with van der Waals surface area (Å²) in [7, 11) is 0. The van der Waals surface area contributed by atoms with Gasteiger partial charge >= 0.3 is 0 Å². The van der Waals surface area contributed by atoms with Crippen LogP contribution in [0.5, 0.6) is 11.5 Å². The smallest absolute Gasteiger partial charge is 0.161 e. The molecule has 0 bridgehead atoms. The van der Waals surface area contributed by atoms with Gasteiger partial charge in [0, 0.05) is 23.4 Å². The average molecular weight is 419 g/mol. The zero-order valence-corrected chi connectivity index (χ0v) is 17.4. The highest BCUT2D eigenvalue weighted by atomic mass is 35.5. The maximum absolute atomic E-state index is 10.7. The summed E-state index contributed by atoms with van der Waals surface area (Å²) in [5, 5.41) is 11.4. The summed E-state index contributed by atoms with van der Waals surface area (Å²) < 4.78 is 18.3. The standard InChI is InChI=1S/C23H29ClNO4/c24-19-9-7-18(8-10-19)13-25(11-3-4-12-25)14-20(26)15-27-16-21-17-28-22-5-1-2-6-23(22)29-21/h1-2,5-10,20-21,26H,3-4,11-17H2/q+1. The summed E-state index contributed by atoms with van der Waals surface area (Å²) in [6.45, 7) is 4.98. The van der Waals surface area contributed by atoms with Crippen molar-refractivity contribution in [2.75, 3.05) is 39.5 Å². The Morgan fingerprint density at radius 1 is 1.07 bits per heavy atom. The molecule has 0 saturated carbocycles. The highest BCUT2D eigenvalue weighted by molar-refractivity contribution is 6.30. The van der Waals surface area contributed by atoms with Gasteiger partial charge in [-0.05, 0) is 24.3 Å². The number of hydrogen-bond acceptors (Lipinski definition) is 4. The number of fused-ring (bicyclic) bond motifs is 1. The Labute approximate surface area is 177 Å². The fraction of sp³-hybridized carbons (Fsp3) is 0.478. The first-order valence-electron chi connectivity index (χ1n) is 10.4. The van der Waals surface area contributed by atoms with E-state index < -0.39 is 6.10 Å². The van der Waals surface area contributed by atoms with E-state index >= 15 is 0 Å². The van der Waals surface area contributed by atoms with Crippen LogP contribution in [0.3, 0.4) is 0 Å². The number of para-hydroxylation sites is 2. The Kier molecular flexibility index (Phi) is 6.60. The fourth-order valence-corrected chi connectivity index (χ4v) is 4.50. The minimum Gasteiger partial charge on any atom is -0.486 e. The van der Waals surface area contributed by atoms with Gasteiger partial charge in [0.25, 0.3) is 0 Å². The highest BCUT2D eigenvalue weighted by Crippen LogP contribution is 2.31. The topological polar surface area (TPSA) is 47.9 Å². The van der Waals surface area contributed by atoms with Gasteiger partial charge in [-0.3, -0.25) is 0 Å². The molecule has 4 rings (SSSR count). The van der Waals surface area contributed by atoms with E-state index in [1.165, 1.54) is 18.4 Å². The summed E-state index contributed by atoms with van der Waals surface area (Å²) >= 11 is 6.02.